The molecular formula is C20H22FN3O4. The second kappa shape index (κ2) is 7.35. The Labute approximate surface area is 161 Å². The monoisotopic (exact) mass is 387 g/mol. The third-order valence-corrected chi connectivity index (χ3v) is 5.06. The molecule has 148 valence electrons. The maximum Gasteiger partial charge on any atom is 0.351 e. The molecule has 1 saturated heterocycles. The Morgan fingerprint density at radius 3 is 2.82 bits per heavy atom. The third kappa shape index (κ3) is 3.64. The number of hydrogen-bond acceptors (Lipinski definition) is 5. The maximum absolute atomic E-state index is 14.0. The number of aromatic nitrogens is 2. The standard InChI is InChI=1S/C20H22FN3O4/c1-11-3-4-13-10-14(5-6-16(13)27-11)18(25)22-17-7-8-24(20(26)23-17)19-15(21)9-12(2)28-19/h5-8,10-12,15,19H,3-4,9H2,1-2H3,(H,22,23,25,26)/t11?,12?,15-,19?/m0/s1. The summed E-state index contributed by atoms with van der Waals surface area (Å²) in [7, 11) is 0. The van der Waals surface area contributed by atoms with Gasteiger partial charge in [-0.25, -0.2) is 9.18 Å². The molecule has 0 aliphatic carbocycles. The normalized spacial score (nSPS) is 26.4. The van der Waals surface area contributed by atoms with Crippen LogP contribution in [0.3, 0.4) is 0 Å². The smallest absolute Gasteiger partial charge is 0.351 e. The lowest BCUT2D eigenvalue weighted by molar-refractivity contribution is -0.0146. The summed E-state index contributed by atoms with van der Waals surface area (Å²) in [5.74, 6) is 0.526. The van der Waals surface area contributed by atoms with E-state index in [2.05, 4.69) is 10.3 Å². The van der Waals surface area contributed by atoms with Gasteiger partial charge in [-0.15, -0.1) is 0 Å². The van der Waals surface area contributed by atoms with Gasteiger partial charge in [-0.05, 0) is 56.5 Å². The molecule has 4 atom stereocenters. The van der Waals surface area contributed by atoms with Crippen LogP contribution < -0.4 is 15.7 Å². The molecule has 7 nitrogen and oxygen atoms in total. The van der Waals surface area contributed by atoms with Crippen molar-refractivity contribution in [2.24, 2.45) is 0 Å². The molecule has 3 heterocycles. The second-order valence-electron chi connectivity index (χ2n) is 7.34. The highest BCUT2D eigenvalue weighted by Crippen LogP contribution is 2.30. The van der Waals surface area contributed by atoms with Gasteiger partial charge >= 0.3 is 5.69 Å². The molecule has 2 aromatic rings. The van der Waals surface area contributed by atoms with Gasteiger partial charge in [-0.3, -0.25) is 9.36 Å². The fourth-order valence-corrected chi connectivity index (χ4v) is 3.58. The van der Waals surface area contributed by atoms with E-state index in [9.17, 15) is 14.0 Å². The Kier molecular flexibility index (Phi) is 4.89. The van der Waals surface area contributed by atoms with E-state index in [1.54, 1.807) is 25.1 Å². The number of benzene rings is 1. The quantitative estimate of drug-likeness (QED) is 0.876. The number of fused-ring (bicyclic) bond motifs is 1. The van der Waals surface area contributed by atoms with E-state index in [4.69, 9.17) is 9.47 Å². The molecule has 1 aromatic carbocycles. The van der Waals surface area contributed by atoms with Crippen molar-refractivity contribution in [1.29, 1.82) is 0 Å². The average molecular weight is 387 g/mol. The zero-order valence-electron chi connectivity index (χ0n) is 15.7. The molecule has 0 saturated carbocycles. The molecule has 8 heteroatoms. The number of carbonyl (C=O) groups excluding carboxylic acids is 1. The Bertz CT molecular complexity index is 961. The molecule has 28 heavy (non-hydrogen) atoms. The predicted molar refractivity (Wildman–Crippen MR) is 100 cm³/mol. The van der Waals surface area contributed by atoms with Crippen molar-refractivity contribution < 1.29 is 18.7 Å². The van der Waals surface area contributed by atoms with Crippen LogP contribution in [0.25, 0.3) is 0 Å². The highest BCUT2D eigenvalue weighted by atomic mass is 19.1. The average Bonchev–Trinajstić information content (AvgIpc) is 2.99. The van der Waals surface area contributed by atoms with Crippen LogP contribution >= 0.6 is 0 Å². The summed E-state index contributed by atoms with van der Waals surface area (Å²) < 4.78 is 26.3. The lowest BCUT2D eigenvalue weighted by atomic mass is 10.0. The molecule has 2 aliphatic heterocycles. The molecule has 1 fully saturated rings. The van der Waals surface area contributed by atoms with Gasteiger partial charge in [0.15, 0.2) is 6.23 Å². The van der Waals surface area contributed by atoms with Crippen LogP contribution in [0.4, 0.5) is 10.2 Å². The van der Waals surface area contributed by atoms with Gasteiger partial charge in [0.05, 0.1) is 12.2 Å². The zero-order valence-corrected chi connectivity index (χ0v) is 15.7. The van der Waals surface area contributed by atoms with Crippen molar-refractivity contribution in [2.75, 3.05) is 5.32 Å². The SMILES string of the molecule is CC1CCc2cc(C(=O)Nc3ccn(C4OC(C)C[C@@H]4F)c(=O)n3)ccc2O1. The summed E-state index contributed by atoms with van der Waals surface area (Å²) >= 11 is 0. The van der Waals surface area contributed by atoms with E-state index in [0.717, 1.165) is 28.7 Å². The first-order valence-electron chi connectivity index (χ1n) is 9.40. The molecule has 0 bridgehead atoms. The van der Waals surface area contributed by atoms with Crippen LogP contribution in [0.5, 0.6) is 5.75 Å². The molecule has 0 spiro atoms. The second-order valence-corrected chi connectivity index (χ2v) is 7.34. The first-order valence-corrected chi connectivity index (χ1v) is 9.40. The van der Waals surface area contributed by atoms with Gasteiger partial charge in [0.1, 0.15) is 17.7 Å². The van der Waals surface area contributed by atoms with Gasteiger partial charge in [0.2, 0.25) is 0 Å². The Hall–Kier alpha value is -2.74. The van der Waals surface area contributed by atoms with Crippen molar-refractivity contribution in [3.05, 3.63) is 52.1 Å². The fourth-order valence-electron chi connectivity index (χ4n) is 3.58. The predicted octanol–water partition coefficient (Wildman–Crippen LogP) is 2.85. The van der Waals surface area contributed by atoms with Gasteiger partial charge in [-0.1, -0.05) is 0 Å². The summed E-state index contributed by atoms with van der Waals surface area (Å²) in [6.07, 6.45) is 1.02. The van der Waals surface area contributed by atoms with E-state index < -0.39 is 18.1 Å². The molecule has 0 radical (unpaired) electrons. The van der Waals surface area contributed by atoms with E-state index in [-0.39, 0.29) is 30.4 Å². The first-order chi connectivity index (χ1) is 13.4. The third-order valence-electron chi connectivity index (χ3n) is 5.06. The number of aryl methyl sites for hydroxylation is 1. The fraction of sp³-hybridized carbons (Fsp3) is 0.450. The maximum atomic E-state index is 14.0. The minimum absolute atomic E-state index is 0.107. The number of amides is 1. The van der Waals surface area contributed by atoms with Gasteiger partial charge in [0, 0.05) is 18.2 Å². The molecule has 3 unspecified atom stereocenters. The van der Waals surface area contributed by atoms with E-state index in [1.807, 2.05) is 6.92 Å². The largest absolute Gasteiger partial charge is 0.490 e. The number of nitrogens with zero attached hydrogens (tertiary/aromatic N) is 2. The van der Waals surface area contributed by atoms with Crippen molar-refractivity contribution in [3.8, 4) is 5.75 Å². The molecule has 1 N–H and O–H groups in total. The summed E-state index contributed by atoms with van der Waals surface area (Å²) in [5.41, 5.74) is 0.766. The number of anilines is 1. The van der Waals surface area contributed by atoms with Crippen LogP contribution in [-0.4, -0.2) is 33.8 Å². The van der Waals surface area contributed by atoms with Crippen molar-refractivity contribution in [2.45, 2.75) is 57.7 Å². The van der Waals surface area contributed by atoms with E-state index in [1.165, 1.54) is 12.3 Å². The highest BCUT2D eigenvalue weighted by molar-refractivity contribution is 6.04. The van der Waals surface area contributed by atoms with Gasteiger partial charge < -0.3 is 14.8 Å². The van der Waals surface area contributed by atoms with Crippen molar-refractivity contribution in [1.82, 2.24) is 9.55 Å². The number of nitrogens with one attached hydrogen (secondary N) is 1. The Balaban J connectivity index is 1.49. The van der Waals surface area contributed by atoms with Crippen molar-refractivity contribution >= 4 is 11.7 Å². The Morgan fingerprint density at radius 2 is 2.11 bits per heavy atom. The van der Waals surface area contributed by atoms with Crippen molar-refractivity contribution in [3.63, 3.8) is 0 Å². The molecular weight excluding hydrogens is 365 g/mol. The van der Waals surface area contributed by atoms with E-state index in [0.29, 0.717) is 5.56 Å². The summed E-state index contributed by atoms with van der Waals surface area (Å²) in [6, 6.07) is 6.71. The molecule has 1 aromatic heterocycles. The number of carbonyl (C=O) groups is 1. The summed E-state index contributed by atoms with van der Waals surface area (Å²) in [6.45, 7) is 3.77. The van der Waals surface area contributed by atoms with Crippen LogP contribution in [0, 0.1) is 0 Å². The Morgan fingerprint density at radius 1 is 1.29 bits per heavy atom. The number of alkyl halides is 1. The van der Waals surface area contributed by atoms with Gasteiger partial charge in [0.25, 0.3) is 5.91 Å². The summed E-state index contributed by atoms with van der Waals surface area (Å²) in [5, 5.41) is 2.61. The lowest BCUT2D eigenvalue weighted by Gasteiger charge is -2.23. The highest BCUT2D eigenvalue weighted by Gasteiger charge is 2.35. The van der Waals surface area contributed by atoms with E-state index >= 15 is 0 Å². The number of hydrogen-bond donors (Lipinski definition) is 1. The first kappa shape index (κ1) is 18.6. The molecule has 2 aliphatic rings. The van der Waals surface area contributed by atoms with Crippen LogP contribution in [-0.2, 0) is 11.2 Å². The number of ether oxygens (including phenoxy) is 2. The van der Waals surface area contributed by atoms with Crippen LogP contribution in [0.1, 0.15) is 48.8 Å². The zero-order chi connectivity index (χ0) is 19.8. The van der Waals surface area contributed by atoms with Crippen LogP contribution in [0.15, 0.2) is 35.3 Å². The van der Waals surface area contributed by atoms with Gasteiger partial charge in [-0.2, -0.15) is 4.98 Å². The topological polar surface area (TPSA) is 82.5 Å². The van der Waals surface area contributed by atoms with Crippen LogP contribution in [0.2, 0.25) is 0 Å². The number of rotatable bonds is 3. The molecule has 1 amide bonds. The summed E-state index contributed by atoms with van der Waals surface area (Å²) in [4.78, 5) is 28.6. The minimum Gasteiger partial charge on any atom is -0.490 e. The lowest BCUT2D eigenvalue weighted by Crippen LogP contribution is -2.31. The molecule has 4 rings (SSSR count). The number of halogens is 1. The minimum atomic E-state index is -1.27.